The lowest BCUT2D eigenvalue weighted by Crippen LogP contribution is -3.15. The number of benzene rings is 1. The highest BCUT2D eigenvalue weighted by Gasteiger charge is 2.38. The lowest BCUT2D eigenvalue weighted by atomic mass is 9.93. The van der Waals surface area contributed by atoms with Crippen molar-refractivity contribution in [3.63, 3.8) is 0 Å². The molecule has 2 aliphatic carbocycles. The van der Waals surface area contributed by atoms with Gasteiger partial charge in [-0.25, -0.2) is 4.39 Å². The van der Waals surface area contributed by atoms with E-state index in [0.29, 0.717) is 0 Å². The summed E-state index contributed by atoms with van der Waals surface area (Å²) in [6.45, 7) is 4.67. The van der Waals surface area contributed by atoms with Gasteiger partial charge >= 0.3 is 0 Å². The Morgan fingerprint density at radius 1 is 1.17 bits per heavy atom. The molecule has 3 atom stereocenters. The fourth-order valence-electron chi connectivity index (χ4n) is 4.54. The first kappa shape index (κ1) is 14.9. The van der Waals surface area contributed by atoms with Gasteiger partial charge in [0.1, 0.15) is 5.82 Å². The van der Waals surface area contributed by atoms with E-state index in [2.05, 4.69) is 12.2 Å². The minimum Gasteiger partial charge on any atom is -0.332 e. The van der Waals surface area contributed by atoms with Gasteiger partial charge in [0.2, 0.25) is 0 Å². The lowest BCUT2D eigenvalue weighted by molar-refractivity contribution is -0.907. The predicted molar refractivity (Wildman–Crippen MR) is 86.7 cm³/mol. The van der Waals surface area contributed by atoms with Gasteiger partial charge in [0.15, 0.2) is 0 Å². The third-order valence-corrected chi connectivity index (χ3v) is 5.83. The van der Waals surface area contributed by atoms with Crippen LogP contribution in [0.1, 0.15) is 23.2 Å². The van der Waals surface area contributed by atoms with E-state index < -0.39 is 5.82 Å². The fourth-order valence-corrected chi connectivity index (χ4v) is 4.54. The molecule has 4 heteroatoms. The Hall–Kier alpha value is -1.68. The first-order valence-corrected chi connectivity index (χ1v) is 8.76. The maximum atomic E-state index is 13.8. The molecule has 1 amide bonds. The van der Waals surface area contributed by atoms with Crippen molar-refractivity contribution in [1.82, 2.24) is 4.90 Å². The average Bonchev–Trinajstić information content (AvgIpc) is 3.18. The molecule has 2 fully saturated rings. The van der Waals surface area contributed by atoms with Crippen LogP contribution in [0.25, 0.3) is 0 Å². The van der Waals surface area contributed by atoms with Crippen LogP contribution < -0.4 is 4.90 Å². The van der Waals surface area contributed by atoms with Crippen LogP contribution in [0.3, 0.4) is 0 Å². The van der Waals surface area contributed by atoms with Gasteiger partial charge in [-0.1, -0.05) is 24.3 Å². The number of hydrogen-bond acceptors (Lipinski definition) is 1. The van der Waals surface area contributed by atoms with Gasteiger partial charge in [0.25, 0.3) is 5.91 Å². The van der Waals surface area contributed by atoms with Gasteiger partial charge in [0, 0.05) is 5.92 Å². The monoisotopic (exact) mass is 315 g/mol. The van der Waals surface area contributed by atoms with Crippen molar-refractivity contribution in [3.8, 4) is 0 Å². The summed E-state index contributed by atoms with van der Waals surface area (Å²) in [4.78, 5) is 15.9. The Bertz CT molecular complexity index is 622. The molecule has 2 bridgehead atoms. The first-order valence-electron chi connectivity index (χ1n) is 8.76. The summed E-state index contributed by atoms with van der Waals surface area (Å²) < 4.78 is 13.8. The zero-order chi connectivity index (χ0) is 15.8. The number of allylic oxidation sites excluding steroid dienone is 2. The van der Waals surface area contributed by atoms with E-state index in [1.807, 2.05) is 4.90 Å². The SMILES string of the molecule is O=C(c1ccccc1F)N1CC[NH+](C[C@@H]2C[C@H]3C=C[C@H]2C3)CC1. The van der Waals surface area contributed by atoms with E-state index in [4.69, 9.17) is 0 Å². The molecule has 3 nitrogen and oxygen atoms in total. The van der Waals surface area contributed by atoms with E-state index >= 15 is 0 Å². The maximum absolute atomic E-state index is 13.8. The predicted octanol–water partition coefficient (Wildman–Crippen LogP) is 1.38. The van der Waals surface area contributed by atoms with Crippen molar-refractivity contribution >= 4 is 5.91 Å². The van der Waals surface area contributed by atoms with E-state index in [0.717, 1.165) is 43.9 Å². The zero-order valence-corrected chi connectivity index (χ0v) is 13.4. The second-order valence-corrected chi connectivity index (χ2v) is 7.27. The van der Waals surface area contributed by atoms with E-state index in [9.17, 15) is 9.18 Å². The normalized spacial score (nSPS) is 30.1. The molecule has 1 aromatic carbocycles. The summed E-state index contributed by atoms with van der Waals surface area (Å²) >= 11 is 0. The number of quaternary nitrogens is 1. The fraction of sp³-hybridized carbons (Fsp3) is 0.526. The number of rotatable bonds is 3. The molecule has 0 radical (unpaired) electrons. The van der Waals surface area contributed by atoms with Crippen molar-refractivity contribution < 1.29 is 14.1 Å². The molecule has 4 rings (SSSR count). The van der Waals surface area contributed by atoms with Gasteiger partial charge in [-0.15, -0.1) is 0 Å². The summed E-state index contributed by atoms with van der Waals surface area (Å²) in [5, 5.41) is 0. The topological polar surface area (TPSA) is 24.8 Å². The molecule has 1 saturated carbocycles. The highest BCUT2D eigenvalue weighted by Crippen LogP contribution is 2.42. The van der Waals surface area contributed by atoms with Crippen molar-refractivity contribution in [2.75, 3.05) is 32.7 Å². The lowest BCUT2D eigenvalue weighted by Gasteiger charge is -2.34. The number of amides is 1. The van der Waals surface area contributed by atoms with Gasteiger partial charge in [-0.05, 0) is 36.8 Å². The van der Waals surface area contributed by atoms with Crippen LogP contribution in [0.4, 0.5) is 4.39 Å². The van der Waals surface area contributed by atoms with Gasteiger partial charge in [-0.2, -0.15) is 0 Å². The van der Waals surface area contributed by atoms with Crippen LogP contribution in [0, 0.1) is 23.6 Å². The standard InChI is InChI=1S/C19H23FN2O/c20-18-4-2-1-3-17(18)19(23)22-9-7-21(8-10-22)13-16-12-14-5-6-15(16)11-14/h1-6,14-16H,7-13H2/p+1/t14-,15-,16-/m0/s1. The number of carbonyl (C=O) groups is 1. The minimum atomic E-state index is -0.416. The van der Waals surface area contributed by atoms with Gasteiger partial charge in [-0.3, -0.25) is 4.79 Å². The van der Waals surface area contributed by atoms with Gasteiger partial charge < -0.3 is 9.80 Å². The Balaban J connectivity index is 1.32. The van der Waals surface area contributed by atoms with Crippen LogP contribution in [-0.4, -0.2) is 43.5 Å². The third kappa shape index (κ3) is 2.92. The highest BCUT2D eigenvalue weighted by atomic mass is 19.1. The van der Waals surface area contributed by atoms with Crippen LogP contribution in [0.15, 0.2) is 36.4 Å². The van der Waals surface area contributed by atoms with E-state index in [-0.39, 0.29) is 11.5 Å². The number of hydrogen-bond donors (Lipinski definition) is 1. The number of nitrogens with one attached hydrogen (secondary N) is 1. The quantitative estimate of drug-likeness (QED) is 0.838. The molecule has 1 aromatic rings. The number of piperazine rings is 1. The average molecular weight is 315 g/mol. The summed E-state index contributed by atoms with van der Waals surface area (Å²) in [6, 6.07) is 6.29. The van der Waals surface area contributed by atoms with E-state index in [1.54, 1.807) is 23.1 Å². The van der Waals surface area contributed by atoms with Crippen LogP contribution in [0.2, 0.25) is 0 Å². The summed E-state index contributed by atoms with van der Waals surface area (Å²) in [7, 11) is 0. The molecule has 1 heterocycles. The molecule has 0 aromatic heterocycles. The molecule has 1 N–H and O–H groups in total. The van der Waals surface area contributed by atoms with Gasteiger partial charge in [0.05, 0.1) is 38.3 Å². The summed E-state index contributed by atoms with van der Waals surface area (Å²) in [6.07, 6.45) is 7.51. The molecule has 23 heavy (non-hydrogen) atoms. The molecule has 1 saturated heterocycles. The maximum Gasteiger partial charge on any atom is 0.257 e. The molecular formula is C19H24FN2O+. The Labute approximate surface area is 136 Å². The van der Waals surface area contributed by atoms with Crippen molar-refractivity contribution in [3.05, 3.63) is 47.8 Å². The second-order valence-electron chi connectivity index (χ2n) is 7.27. The van der Waals surface area contributed by atoms with Crippen LogP contribution in [-0.2, 0) is 0 Å². The number of carbonyl (C=O) groups excluding carboxylic acids is 1. The number of nitrogens with zero attached hydrogens (tertiary/aromatic N) is 1. The Morgan fingerprint density at radius 3 is 2.61 bits per heavy atom. The molecule has 3 aliphatic rings. The molecule has 0 unspecified atom stereocenters. The summed E-state index contributed by atoms with van der Waals surface area (Å²) in [5.41, 5.74) is 0.203. The number of halogens is 1. The smallest absolute Gasteiger partial charge is 0.257 e. The Kier molecular flexibility index (Phi) is 3.93. The molecule has 122 valence electrons. The van der Waals surface area contributed by atoms with Crippen LogP contribution >= 0.6 is 0 Å². The third-order valence-electron chi connectivity index (χ3n) is 5.83. The molecule has 0 spiro atoms. The van der Waals surface area contributed by atoms with Crippen LogP contribution in [0.5, 0.6) is 0 Å². The molecule has 1 aliphatic heterocycles. The summed E-state index contributed by atoms with van der Waals surface area (Å²) in [5.74, 6) is 1.87. The van der Waals surface area contributed by atoms with Crippen molar-refractivity contribution in [2.45, 2.75) is 12.8 Å². The van der Waals surface area contributed by atoms with E-state index in [1.165, 1.54) is 25.5 Å². The van der Waals surface area contributed by atoms with Crippen molar-refractivity contribution in [2.24, 2.45) is 17.8 Å². The highest BCUT2D eigenvalue weighted by molar-refractivity contribution is 5.94. The number of fused-ring (bicyclic) bond motifs is 2. The second kappa shape index (κ2) is 6.08. The first-order chi connectivity index (χ1) is 11.2. The largest absolute Gasteiger partial charge is 0.332 e. The minimum absolute atomic E-state index is 0.162. The zero-order valence-electron chi connectivity index (χ0n) is 13.4. The van der Waals surface area contributed by atoms with Crippen molar-refractivity contribution in [1.29, 1.82) is 0 Å². The Morgan fingerprint density at radius 2 is 1.96 bits per heavy atom. The molecular weight excluding hydrogens is 291 g/mol.